The van der Waals surface area contributed by atoms with Crippen molar-refractivity contribution in [3.8, 4) is 5.75 Å². The summed E-state index contributed by atoms with van der Waals surface area (Å²) in [7, 11) is 0. The maximum absolute atomic E-state index is 6.12. The number of rotatable bonds is 2. The van der Waals surface area contributed by atoms with Crippen molar-refractivity contribution in [3.05, 3.63) is 29.3 Å². The topological polar surface area (TPSA) is 33.3 Å². The molecule has 0 atom stereocenters. The summed E-state index contributed by atoms with van der Waals surface area (Å²) in [4.78, 5) is 0. The van der Waals surface area contributed by atoms with Crippen LogP contribution in [0.3, 0.4) is 0 Å². The fourth-order valence-corrected chi connectivity index (χ4v) is 2.50. The minimum atomic E-state index is 0.397. The van der Waals surface area contributed by atoms with E-state index in [-0.39, 0.29) is 0 Å². The molecule has 1 fully saturated rings. The van der Waals surface area contributed by atoms with Gasteiger partial charge in [0.2, 0.25) is 0 Å². The first kappa shape index (κ1) is 10.1. The third kappa shape index (κ3) is 1.93. The Labute approximate surface area is 96.2 Å². The van der Waals surface area contributed by atoms with Crippen LogP contribution in [0.15, 0.2) is 18.2 Å². The monoisotopic (exact) mass is 218 g/mol. The normalized spacial score (nSPS) is 20.8. The molecule has 16 heavy (non-hydrogen) atoms. The molecule has 0 unspecified atom stereocenters. The zero-order valence-corrected chi connectivity index (χ0v) is 9.46. The smallest absolute Gasteiger partial charge is 0.124 e. The van der Waals surface area contributed by atoms with Crippen LogP contribution < -0.4 is 15.4 Å². The van der Waals surface area contributed by atoms with Gasteiger partial charge in [-0.05, 0) is 37.6 Å². The van der Waals surface area contributed by atoms with Crippen LogP contribution in [0.25, 0.3) is 0 Å². The van der Waals surface area contributed by atoms with Crippen LogP contribution in [0.4, 0.5) is 0 Å². The summed E-state index contributed by atoms with van der Waals surface area (Å²) in [6.07, 6.45) is 2.64. The van der Waals surface area contributed by atoms with Crippen molar-refractivity contribution in [1.82, 2.24) is 10.6 Å². The number of hydrogen-bond donors (Lipinski definition) is 2. The lowest BCUT2D eigenvalue weighted by atomic mass is 10.1. The van der Waals surface area contributed by atoms with Gasteiger partial charge in [0.1, 0.15) is 11.9 Å². The molecule has 1 aromatic carbocycles. The molecule has 1 aromatic rings. The van der Waals surface area contributed by atoms with Gasteiger partial charge < -0.3 is 15.4 Å². The van der Waals surface area contributed by atoms with Gasteiger partial charge in [0.05, 0.1) is 0 Å². The van der Waals surface area contributed by atoms with Crippen molar-refractivity contribution in [2.45, 2.75) is 32.0 Å². The average Bonchev–Trinajstić information content (AvgIpc) is 2.80. The molecule has 3 nitrogen and oxygen atoms in total. The van der Waals surface area contributed by atoms with Gasteiger partial charge in [-0.3, -0.25) is 0 Å². The molecule has 2 N–H and O–H groups in total. The molecule has 2 aliphatic rings. The standard InChI is InChI=1S/C13H18N2O/c1-2-10-8-15-9-12(10)13(3-1)16-11-4-6-14-7-5-11/h1-3,11,14-15H,4-9H2. The first-order chi connectivity index (χ1) is 7.93. The number of nitrogens with one attached hydrogen (secondary N) is 2. The van der Waals surface area contributed by atoms with Crippen LogP contribution in [0.1, 0.15) is 24.0 Å². The summed E-state index contributed by atoms with van der Waals surface area (Å²) in [5.41, 5.74) is 2.76. The third-order valence-corrected chi connectivity index (χ3v) is 3.43. The molecular weight excluding hydrogens is 200 g/mol. The maximum atomic E-state index is 6.12. The van der Waals surface area contributed by atoms with Crippen molar-refractivity contribution >= 4 is 0 Å². The third-order valence-electron chi connectivity index (χ3n) is 3.43. The van der Waals surface area contributed by atoms with Crippen molar-refractivity contribution in [1.29, 1.82) is 0 Å². The Bertz CT molecular complexity index is 372. The lowest BCUT2D eigenvalue weighted by molar-refractivity contribution is 0.161. The zero-order valence-electron chi connectivity index (χ0n) is 9.46. The highest BCUT2D eigenvalue weighted by Gasteiger charge is 2.19. The van der Waals surface area contributed by atoms with Crippen molar-refractivity contribution in [3.63, 3.8) is 0 Å². The predicted octanol–water partition coefficient (Wildman–Crippen LogP) is 1.42. The minimum Gasteiger partial charge on any atom is -0.490 e. The van der Waals surface area contributed by atoms with Crippen molar-refractivity contribution < 1.29 is 4.74 Å². The van der Waals surface area contributed by atoms with E-state index in [0.717, 1.165) is 44.8 Å². The predicted molar refractivity (Wildman–Crippen MR) is 63.5 cm³/mol. The summed E-state index contributed by atoms with van der Waals surface area (Å²) in [5.74, 6) is 1.09. The number of benzene rings is 1. The van der Waals surface area contributed by atoms with E-state index in [1.807, 2.05) is 0 Å². The highest BCUT2D eigenvalue weighted by molar-refractivity contribution is 5.42. The van der Waals surface area contributed by atoms with E-state index in [1.165, 1.54) is 11.1 Å². The van der Waals surface area contributed by atoms with Crippen LogP contribution in [0, 0.1) is 0 Å². The van der Waals surface area contributed by atoms with Crippen molar-refractivity contribution in [2.75, 3.05) is 13.1 Å². The Kier molecular flexibility index (Phi) is 2.80. The van der Waals surface area contributed by atoms with Gasteiger partial charge in [-0.25, -0.2) is 0 Å². The van der Waals surface area contributed by atoms with E-state index in [9.17, 15) is 0 Å². The first-order valence-corrected chi connectivity index (χ1v) is 6.12. The molecule has 0 amide bonds. The quantitative estimate of drug-likeness (QED) is 0.787. The van der Waals surface area contributed by atoms with E-state index in [4.69, 9.17) is 4.74 Å². The molecule has 3 heteroatoms. The van der Waals surface area contributed by atoms with Crippen LogP contribution in [0.5, 0.6) is 5.75 Å². The molecule has 3 rings (SSSR count). The van der Waals surface area contributed by atoms with Gasteiger partial charge in [0, 0.05) is 18.7 Å². The second-order valence-corrected chi connectivity index (χ2v) is 4.56. The Hall–Kier alpha value is -1.06. The first-order valence-electron chi connectivity index (χ1n) is 6.12. The zero-order chi connectivity index (χ0) is 10.8. The second kappa shape index (κ2) is 4.44. The number of ether oxygens (including phenoxy) is 1. The van der Waals surface area contributed by atoms with E-state index in [0.29, 0.717) is 6.10 Å². The summed E-state index contributed by atoms with van der Waals surface area (Å²) in [6, 6.07) is 6.39. The Morgan fingerprint density at radius 1 is 1.06 bits per heavy atom. The molecular formula is C13H18N2O. The summed E-state index contributed by atoms with van der Waals surface area (Å²) in [5, 5.41) is 6.73. The highest BCUT2D eigenvalue weighted by Crippen LogP contribution is 2.28. The fraction of sp³-hybridized carbons (Fsp3) is 0.538. The van der Waals surface area contributed by atoms with Crippen LogP contribution in [-0.4, -0.2) is 19.2 Å². The molecule has 2 aliphatic heterocycles. The number of hydrogen-bond acceptors (Lipinski definition) is 3. The molecule has 2 heterocycles. The van der Waals surface area contributed by atoms with Crippen molar-refractivity contribution in [2.24, 2.45) is 0 Å². The second-order valence-electron chi connectivity index (χ2n) is 4.56. The Morgan fingerprint density at radius 2 is 1.94 bits per heavy atom. The molecule has 0 spiro atoms. The number of fused-ring (bicyclic) bond motifs is 1. The van der Waals surface area contributed by atoms with E-state index >= 15 is 0 Å². The molecule has 86 valence electrons. The van der Waals surface area contributed by atoms with Gasteiger partial charge >= 0.3 is 0 Å². The Morgan fingerprint density at radius 3 is 2.81 bits per heavy atom. The SMILES string of the molecule is c1cc2c(c(OC3CCNCC3)c1)CNC2. The van der Waals surface area contributed by atoms with E-state index < -0.39 is 0 Å². The summed E-state index contributed by atoms with van der Waals surface area (Å²) < 4.78 is 6.12. The molecule has 1 saturated heterocycles. The molecule has 0 aromatic heterocycles. The van der Waals surface area contributed by atoms with Gasteiger partial charge in [-0.15, -0.1) is 0 Å². The van der Waals surface area contributed by atoms with Crippen LogP contribution in [-0.2, 0) is 13.1 Å². The maximum Gasteiger partial charge on any atom is 0.124 e. The lowest BCUT2D eigenvalue weighted by Gasteiger charge is -2.24. The minimum absolute atomic E-state index is 0.397. The summed E-state index contributed by atoms with van der Waals surface area (Å²) in [6.45, 7) is 4.10. The van der Waals surface area contributed by atoms with Crippen LogP contribution >= 0.6 is 0 Å². The van der Waals surface area contributed by atoms with E-state index in [1.54, 1.807) is 0 Å². The highest BCUT2D eigenvalue weighted by atomic mass is 16.5. The molecule has 0 bridgehead atoms. The number of piperidine rings is 1. The van der Waals surface area contributed by atoms with Gasteiger partial charge in [-0.1, -0.05) is 12.1 Å². The largest absolute Gasteiger partial charge is 0.490 e. The summed E-state index contributed by atoms with van der Waals surface area (Å²) >= 11 is 0. The van der Waals surface area contributed by atoms with Gasteiger partial charge in [-0.2, -0.15) is 0 Å². The van der Waals surface area contributed by atoms with Gasteiger partial charge in [0.15, 0.2) is 0 Å². The van der Waals surface area contributed by atoms with E-state index in [2.05, 4.69) is 28.8 Å². The average molecular weight is 218 g/mol. The Balaban J connectivity index is 1.76. The molecule has 0 radical (unpaired) electrons. The fourth-order valence-electron chi connectivity index (χ4n) is 2.50. The molecule has 0 saturated carbocycles. The van der Waals surface area contributed by atoms with Gasteiger partial charge in [0.25, 0.3) is 0 Å². The lowest BCUT2D eigenvalue weighted by Crippen LogP contribution is -2.34. The van der Waals surface area contributed by atoms with Crippen LogP contribution in [0.2, 0.25) is 0 Å². The molecule has 0 aliphatic carbocycles.